The van der Waals surface area contributed by atoms with Crippen molar-refractivity contribution in [2.45, 2.75) is 51.9 Å². The molecule has 0 fully saturated rings. The van der Waals surface area contributed by atoms with Crippen LogP contribution in [-0.2, 0) is 0 Å². The molecular weight excluding hydrogens is 284 g/mol. The van der Waals surface area contributed by atoms with Crippen LogP contribution in [0.5, 0.6) is 5.75 Å². The first kappa shape index (κ1) is 17.6. The number of carbonyl (C=O) groups is 1. The third-order valence-corrected chi connectivity index (χ3v) is 3.27. The van der Waals surface area contributed by atoms with Gasteiger partial charge in [0.2, 0.25) is 0 Å². The van der Waals surface area contributed by atoms with Crippen molar-refractivity contribution in [2.24, 2.45) is 0 Å². The van der Waals surface area contributed by atoms with Crippen LogP contribution in [0.25, 0.3) is 0 Å². The zero-order valence-corrected chi connectivity index (χ0v) is 13.4. The molecule has 0 spiro atoms. The summed E-state index contributed by atoms with van der Waals surface area (Å²) in [4.78, 5) is 11.0. The molecule has 3 heteroatoms. The average Bonchev–Trinajstić information content (AvgIpc) is 2.49. The molecule has 0 aliphatic carbocycles. The Kier molecular flexibility index (Phi) is 9.40. The minimum absolute atomic E-state index is 0.459. The zero-order chi connectivity index (χ0) is 15.3. The summed E-state index contributed by atoms with van der Waals surface area (Å²) in [7, 11) is 0. The van der Waals surface area contributed by atoms with Crippen LogP contribution < -0.4 is 4.74 Å². The Morgan fingerprint density at radius 2 is 1.90 bits per heavy atom. The van der Waals surface area contributed by atoms with Gasteiger partial charge < -0.3 is 4.74 Å². The van der Waals surface area contributed by atoms with E-state index >= 15 is 0 Å². The normalized spacial score (nSPS) is 9.81. The lowest BCUT2D eigenvalue weighted by Gasteiger charge is -2.05. The number of hydrogen-bond acceptors (Lipinski definition) is 2. The molecule has 114 valence electrons. The van der Waals surface area contributed by atoms with E-state index in [-0.39, 0.29) is 0 Å². The number of unbranched alkanes of at least 4 members (excludes halogenated alkanes) is 5. The Bertz CT molecular complexity index is 485. The maximum Gasteiger partial charge on any atom is 0.252 e. The molecule has 0 saturated carbocycles. The molecular formula is C18H23ClO2. The molecule has 0 saturated heterocycles. The van der Waals surface area contributed by atoms with Gasteiger partial charge in [-0.2, -0.15) is 0 Å². The van der Waals surface area contributed by atoms with E-state index in [1.807, 2.05) is 6.07 Å². The summed E-state index contributed by atoms with van der Waals surface area (Å²) < 4.78 is 5.58. The van der Waals surface area contributed by atoms with E-state index in [2.05, 4.69) is 18.8 Å². The van der Waals surface area contributed by atoms with Crippen LogP contribution in [0, 0.1) is 11.8 Å². The lowest BCUT2D eigenvalue weighted by Crippen LogP contribution is -1.98. The second-order valence-corrected chi connectivity index (χ2v) is 5.26. The first-order valence-electron chi connectivity index (χ1n) is 7.62. The van der Waals surface area contributed by atoms with E-state index in [9.17, 15) is 4.79 Å². The summed E-state index contributed by atoms with van der Waals surface area (Å²) in [6.45, 7) is 2.81. The van der Waals surface area contributed by atoms with Gasteiger partial charge in [-0.1, -0.05) is 32.3 Å². The highest BCUT2D eigenvalue weighted by atomic mass is 35.5. The van der Waals surface area contributed by atoms with Gasteiger partial charge in [0.1, 0.15) is 5.75 Å². The number of benzene rings is 1. The summed E-state index contributed by atoms with van der Waals surface area (Å²) in [5, 5.41) is -0.464. The predicted molar refractivity (Wildman–Crippen MR) is 87.9 cm³/mol. The maximum atomic E-state index is 11.0. The molecule has 21 heavy (non-hydrogen) atoms. The minimum Gasteiger partial charge on any atom is -0.494 e. The van der Waals surface area contributed by atoms with Crippen molar-refractivity contribution in [1.29, 1.82) is 0 Å². The molecule has 0 N–H and O–H groups in total. The van der Waals surface area contributed by atoms with Crippen molar-refractivity contribution < 1.29 is 9.53 Å². The zero-order valence-electron chi connectivity index (χ0n) is 12.7. The van der Waals surface area contributed by atoms with Gasteiger partial charge in [0.15, 0.2) is 0 Å². The van der Waals surface area contributed by atoms with Gasteiger partial charge in [0.05, 0.1) is 6.61 Å². The topological polar surface area (TPSA) is 26.3 Å². The number of ether oxygens (including phenoxy) is 1. The van der Waals surface area contributed by atoms with E-state index in [0.29, 0.717) is 17.9 Å². The van der Waals surface area contributed by atoms with E-state index in [0.717, 1.165) is 19.3 Å². The van der Waals surface area contributed by atoms with Crippen molar-refractivity contribution in [1.82, 2.24) is 0 Å². The van der Waals surface area contributed by atoms with Crippen LogP contribution in [-0.4, -0.2) is 11.8 Å². The monoisotopic (exact) mass is 306 g/mol. The molecule has 0 aromatic heterocycles. The molecule has 0 bridgehead atoms. The standard InChI is InChI=1S/C18H23ClO2/c1-2-3-4-5-6-7-8-9-10-14-21-17-13-11-12-16(15-17)18(19)20/h11-13,15H,2-6,9-10,14H2,1H3. The lowest BCUT2D eigenvalue weighted by molar-refractivity contribution is 0.108. The predicted octanol–water partition coefficient (Wildman–Crippen LogP) is 5.20. The van der Waals surface area contributed by atoms with Gasteiger partial charge >= 0.3 is 0 Å². The molecule has 0 heterocycles. The Labute approximate surface area is 132 Å². The number of carbonyl (C=O) groups excluding carboxylic acids is 1. The van der Waals surface area contributed by atoms with Gasteiger partial charge in [0.25, 0.3) is 5.24 Å². The van der Waals surface area contributed by atoms with Crippen molar-refractivity contribution in [3.05, 3.63) is 29.8 Å². The lowest BCUT2D eigenvalue weighted by atomic mass is 10.1. The van der Waals surface area contributed by atoms with Gasteiger partial charge in [-0.05, 0) is 42.6 Å². The molecule has 1 rings (SSSR count). The number of hydrogen-bond donors (Lipinski definition) is 0. The van der Waals surface area contributed by atoms with Crippen molar-refractivity contribution >= 4 is 16.8 Å². The third kappa shape index (κ3) is 8.42. The molecule has 0 aliphatic heterocycles. The van der Waals surface area contributed by atoms with Crippen LogP contribution in [0.2, 0.25) is 0 Å². The van der Waals surface area contributed by atoms with Crippen LogP contribution >= 0.6 is 11.6 Å². The third-order valence-electron chi connectivity index (χ3n) is 3.06. The summed E-state index contributed by atoms with van der Waals surface area (Å²) in [6, 6.07) is 6.92. The summed E-state index contributed by atoms with van der Waals surface area (Å²) in [6.07, 6.45) is 7.80. The van der Waals surface area contributed by atoms with Crippen LogP contribution in [0.15, 0.2) is 24.3 Å². The van der Waals surface area contributed by atoms with Gasteiger partial charge in [0, 0.05) is 18.4 Å². The highest BCUT2D eigenvalue weighted by Gasteiger charge is 2.02. The molecule has 1 aromatic rings. The molecule has 0 aliphatic rings. The molecule has 0 amide bonds. The fourth-order valence-electron chi connectivity index (χ4n) is 1.88. The van der Waals surface area contributed by atoms with E-state index in [1.165, 1.54) is 25.7 Å². The van der Waals surface area contributed by atoms with Crippen molar-refractivity contribution in [3.63, 3.8) is 0 Å². The molecule has 0 radical (unpaired) electrons. The van der Waals surface area contributed by atoms with Crippen LogP contribution in [0.3, 0.4) is 0 Å². The number of rotatable bonds is 9. The fraction of sp³-hybridized carbons (Fsp3) is 0.500. The Balaban J connectivity index is 2.13. The highest BCUT2D eigenvalue weighted by molar-refractivity contribution is 6.67. The summed E-state index contributed by atoms with van der Waals surface area (Å²) in [5.74, 6) is 7.05. The smallest absolute Gasteiger partial charge is 0.252 e. The highest BCUT2D eigenvalue weighted by Crippen LogP contribution is 2.15. The summed E-state index contributed by atoms with van der Waals surface area (Å²) >= 11 is 5.43. The SMILES string of the molecule is CCCCCCC#CCCCOc1cccc(C(=O)Cl)c1. The molecule has 0 atom stereocenters. The van der Waals surface area contributed by atoms with E-state index in [4.69, 9.17) is 16.3 Å². The van der Waals surface area contributed by atoms with Gasteiger partial charge in [-0.25, -0.2) is 0 Å². The van der Waals surface area contributed by atoms with Gasteiger partial charge in [-0.3, -0.25) is 4.79 Å². The van der Waals surface area contributed by atoms with E-state index in [1.54, 1.807) is 18.2 Å². The average molecular weight is 307 g/mol. The van der Waals surface area contributed by atoms with E-state index < -0.39 is 5.24 Å². The second-order valence-electron chi connectivity index (χ2n) is 4.92. The largest absolute Gasteiger partial charge is 0.494 e. The van der Waals surface area contributed by atoms with Crippen LogP contribution in [0.1, 0.15) is 62.2 Å². The maximum absolute atomic E-state index is 11.0. The van der Waals surface area contributed by atoms with Crippen molar-refractivity contribution in [2.75, 3.05) is 6.61 Å². The molecule has 1 aromatic carbocycles. The van der Waals surface area contributed by atoms with Crippen LogP contribution in [0.4, 0.5) is 0 Å². The Hall–Kier alpha value is -1.46. The Morgan fingerprint density at radius 3 is 2.62 bits per heavy atom. The quantitative estimate of drug-likeness (QED) is 0.356. The minimum atomic E-state index is -0.464. The van der Waals surface area contributed by atoms with Crippen molar-refractivity contribution in [3.8, 4) is 17.6 Å². The second kappa shape index (κ2) is 11.2. The first-order chi connectivity index (χ1) is 10.2. The van der Waals surface area contributed by atoms with Gasteiger partial charge in [-0.15, -0.1) is 11.8 Å². The summed E-state index contributed by atoms with van der Waals surface area (Å²) in [5.41, 5.74) is 0.459. The molecule has 2 nitrogen and oxygen atoms in total. The first-order valence-corrected chi connectivity index (χ1v) is 8.00. The fourth-order valence-corrected chi connectivity index (χ4v) is 1.99. The Morgan fingerprint density at radius 1 is 1.14 bits per heavy atom. The number of halogens is 1. The molecule has 0 unspecified atom stereocenters.